The van der Waals surface area contributed by atoms with Crippen molar-refractivity contribution >= 4 is 11.3 Å². The third-order valence-corrected chi connectivity index (χ3v) is 5.94. The first-order valence-electron chi connectivity index (χ1n) is 11.2. The molecule has 0 bridgehead atoms. The van der Waals surface area contributed by atoms with Gasteiger partial charge in [0.2, 0.25) is 5.78 Å². The van der Waals surface area contributed by atoms with E-state index < -0.39 is 0 Å². The van der Waals surface area contributed by atoms with Crippen LogP contribution in [0.5, 0.6) is 5.75 Å². The Kier molecular flexibility index (Phi) is 5.77. The van der Waals surface area contributed by atoms with E-state index in [1.165, 1.54) is 0 Å². The van der Waals surface area contributed by atoms with Gasteiger partial charge < -0.3 is 9.14 Å². The summed E-state index contributed by atoms with van der Waals surface area (Å²) in [7, 11) is 0. The highest BCUT2D eigenvalue weighted by Crippen LogP contribution is 2.31. The first-order valence-corrected chi connectivity index (χ1v) is 11.2. The number of nitrogens with zero attached hydrogens (tertiary/aromatic N) is 1. The van der Waals surface area contributed by atoms with Gasteiger partial charge in [0.25, 0.3) is 0 Å². The molecule has 0 aliphatic carbocycles. The quantitative estimate of drug-likeness (QED) is 0.260. The summed E-state index contributed by atoms with van der Waals surface area (Å²) < 4.78 is 8.14. The molecule has 33 heavy (non-hydrogen) atoms. The molecular formula is C30H25NO2. The first-order chi connectivity index (χ1) is 16.3. The fraction of sp³-hybridized carbons (Fsp3) is 0.100. The van der Waals surface area contributed by atoms with Gasteiger partial charge in [-0.15, -0.1) is 0 Å². The summed E-state index contributed by atoms with van der Waals surface area (Å²) in [5, 5.41) is 0. The minimum absolute atomic E-state index is 0.0199. The maximum atomic E-state index is 13.9. The zero-order valence-electron chi connectivity index (χ0n) is 18.6. The predicted octanol–water partition coefficient (Wildman–Crippen LogP) is 6.98. The zero-order valence-corrected chi connectivity index (χ0v) is 18.6. The topological polar surface area (TPSA) is 30.7 Å². The highest BCUT2D eigenvalue weighted by Gasteiger charge is 2.22. The Morgan fingerprint density at radius 2 is 1.52 bits per heavy atom. The summed E-state index contributed by atoms with van der Waals surface area (Å²) in [6, 6.07) is 34.0. The molecule has 0 N–H and O–H groups in total. The van der Waals surface area contributed by atoms with Crippen molar-refractivity contribution in [3.05, 3.63) is 132 Å². The van der Waals surface area contributed by atoms with E-state index in [0.717, 1.165) is 39.9 Å². The molecule has 0 spiro atoms. The molecule has 3 heteroatoms. The Labute approximate surface area is 193 Å². The average molecular weight is 432 g/mol. The Hall–Kier alpha value is -4.11. The Morgan fingerprint density at radius 3 is 2.27 bits per heavy atom. The van der Waals surface area contributed by atoms with Gasteiger partial charge in [0, 0.05) is 11.8 Å². The lowest BCUT2D eigenvalue weighted by Gasteiger charge is -2.12. The van der Waals surface area contributed by atoms with Gasteiger partial charge in [-0.1, -0.05) is 91.9 Å². The lowest BCUT2D eigenvalue weighted by molar-refractivity contribution is 0.103. The Balaban J connectivity index is 1.57. The van der Waals surface area contributed by atoms with E-state index in [0.29, 0.717) is 17.9 Å². The summed E-state index contributed by atoms with van der Waals surface area (Å²) in [5.41, 5.74) is 6.40. The van der Waals surface area contributed by atoms with Crippen LogP contribution in [0.3, 0.4) is 0 Å². The molecule has 0 fully saturated rings. The SMILES string of the molecule is CCc1cc2c(OCc3ccccc3)cccn2c1C(=O)c1ccccc1-c1ccccc1. The van der Waals surface area contributed by atoms with Gasteiger partial charge in [-0.2, -0.15) is 0 Å². The molecule has 3 aromatic carbocycles. The highest BCUT2D eigenvalue weighted by atomic mass is 16.5. The van der Waals surface area contributed by atoms with Gasteiger partial charge in [-0.3, -0.25) is 4.79 Å². The standard InChI is InChI=1S/C30H25NO2/c1-2-23-20-27-28(33-21-22-12-5-3-6-13-22)18-11-19-31(27)29(23)30(32)26-17-10-9-16-25(26)24-14-7-4-8-15-24/h3-20H,2,21H2,1H3. The first kappa shape index (κ1) is 20.8. The van der Waals surface area contributed by atoms with E-state index >= 15 is 0 Å². The van der Waals surface area contributed by atoms with Crippen LogP contribution in [0, 0.1) is 0 Å². The lowest BCUT2D eigenvalue weighted by atomic mass is 9.94. The molecule has 0 radical (unpaired) electrons. The van der Waals surface area contributed by atoms with Crippen LogP contribution in [-0.2, 0) is 13.0 Å². The van der Waals surface area contributed by atoms with Gasteiger partial charge >= 0.3 is 0 Å². The Bertz CT molecular complexity index is 1400. The third-order valence-electron chi connectivity index (χ3n) is 5.94. The monoisotopic (exact) mass is 431 g/mol. The third kappa shape index (κ3) is 4.06. The number of fused-ring (bicyclic) bond motifs is 1. The van der Waals surface area contributed by atoms with E-state index in [2.05, 4.69) is 13.0 Å². The van der Waals surface area contributed by atoms with Crippen molar-refractivity contribution in [3.63, 3.8) is 0 Å². The molecule has 5 aromatic rings. The van der Waals surface area contributed by atoms with Crippen LogP contribution in [-0.4, -0.2) is 10.2 Å². The van der Waals surface area contributed by atoms with Crippen molar-refractivity contribution in [1.82, 2.24) is 4.40 Å². The number of ether oxygens (including phenoxy) is 1. The van der Waals surface area contributed by atoms with E-state index in [1.807, 2.05) is 108 Å². The molecule has 5 rings (SSSR count). The second-order valence-corrected chi connectivity index (χ2v) is 8.01. The number of ketones is 1. The fourth-order valence-corrected chi connectivity index (χ4v) is 4.28. The number of hydrogen-bond donors (Lipinski definition) is 0. The minimum Gasteiger partial charge on any atom is -0.487 e. The molecule has 2 aromatic heterocycles. The lowest BCUT2D eigenvalue weighted by Crippen LogP contribution is -2.09. The van der Waals surface area contributed by atoms with E-state index in [4.69, 9.17) is 4.74 Å². The zero-order chi connectivity index (χ0) is 22.6. The van der Waals surface area contributed by atoms with Gasteiger partial charge in [-0.25, -0.2) is 0 Å². The van der Waals surface area contributed by atoms with Crippen LogP contribution >= 0.6 is 0 Å². The smallest absolute Gasteiger partial charge is 0.210 e. The molecule has 162 valence electrons. The van der Waals surface area contributed by atoms with Gasteiger partial charge in [0.1, 0.15) is 12.4 Å². The van der Waals surface area contributed by atoms with Crippen molar-refractivity contribution in [2.24, 2.45) is 0 Å². The second kappa shape index (κ2) is 9.17. The number of carbonyl (C=O) groups excluding carboxylic acids is 1. The molecule has 0 atom stereocenters. The fourth-order valence-electron chi connectivity index (χ4n) is 4.28. The summed E-state index contributed by atoms with van der Waals surface area (Å²) in [6.07, 6.45) is 2.70. The summed E-state index contributed by atoms with van der Waals surface area (Å²) in [6.45, 7) is 2.56. The van der Waals surface area contributed by atoms with Crippen LogP contribution in [0.1, 0.15) is 34.1 Å². The van der Waals surface area contributed by atoms with E-state index in [-0.39, 0.29) is 5.78 Å². The van der Waals surface area contributed by atoms with Crippen LogP contribution in [0.25, 0.3) is 16.6 Å². The number of pyridine rings is 1. The van der Waals surface area contributed by atoms with Gasteiger partial charge in [0.15, 0.2) is 0 Å². The molecule has 3 nitrogen and oxygen atoms in total. The average Bonchev–Trinajstić information content (AvgIpc) is 3.27. The minimum atomic E-state index is 0.0199. The molecule has 0 aliphatic heterocycles. The van der Waals surface area contributed by atoms with Crippen LogP contribution in [0.2, 0.25) is 0 Å². The normalized spacial score (nSPS) is 10.9. The van der Waals surface area contributed by atoms with Crippen molar-refractivity contribution in [3.8, 4) is 16.9 Å². The van der Waals surface area contributed by atoms with Crippen LogP contribution in [0.15, 0.2) is 109 Å². The number of hydrogen-bond acceptors (Lipinski definition) is 2. The van der Waals surface area contributed by atoms with Crippen molar-refractivity contribution < 1.29 is 9.53 Å². The molecule has 0 saturated carbocycles. The molecule has 0 saturated heterocycles. The molecule has 0 unspecified atom stereocenters. The summed E-state index contributed by atoms with van der Waals surface area (Å²) in [5.74, 6) is 0.790. The number of rotatable bonds is 7. The predicted molar refractivity (Wildman–Crippen MR) is 133 cm³/mol. The molecular weight excluding hydrogens is 406 g/mol. The Morgan fingerprint density at radius 1 is 0.818 bits per heavy atom. The highest BCUT2D eigenvalue weighted by molar-refractivity contribution is 6.13. The number of carbonyl (C=O) groups is 1. The van der Waals surface area contributed by atoms with Crippen LogP contribution in [0.4, 0.5) is 0 Å². The van der Waals surface area contributed by atoms with E-state index in [1.54, 1.807) is 0 Å². The van der Waals surface area contributed by atoms with Gasteiger partial charge in [0.05, 0.1) is 11.2 Å². The molecule has 2 heterocycles. The van der Waals surface area contributed by atoms with E-state index in [9.17, 15) is 4.79 Å². The van der Waals surface area contributed by atoms with Crippen LogP contribution < -0.4 is 4.74 Å². The molecule has 0 aliphatic rings. The van der Waals surface area contributed by atoms with Crippen molar-refractivity contribution in [2.45, 2.75) is 20.0 Å². The van der Waals surface area contributed by atoms with Gasteiger partial charge in [-0.05, 0) is 46.9 Å². The largest absolute Gasteiger partial charge is 0.487 e. The van der Waals surface area contributed by atoms with Crippen molar-refractivity contribution in [1.29, 1.82) is 0 Å². The van der Waals surface area contributed by atoms with Crippen molar-refractivity contribution in [2.75, 3.05) is 0 Å². The maximum Gasteiger partial charge on any atom is 0.210 e. The number of aromatic nitrogens is 1. The number of aryl methyl sites for hydroxylation is 1. The number of benzene rings is 3. The molecule has 0 amide bonds. The second-order valence-electron chi connectivity index (χ2n) is 8.01. The summed E-state index contributed by atoms with van der Waals surface area (Å²) in [4.78, 5) is 13.9. The maximum absolute atomic E-state index is 13.9. The summed E-state index contributed by atoms with van der Waals surface area (Å²) >= 11 is 0.